The van der Waals surface area contributed by atoms with E-state index in [0.29, 0.717) is 11.4 Å². The number of aromatic nitrogens is 1. The summed E-state index contributed by atoms with van der Waals surface area (Å²) in [5.41, 5.74) is 1.12. The molecule has 0 spiro atoms. The van der Waals surface area contributed by atoms with Crippen molar-refractivity contribution in [3.05, 3.63) is 23.4 Å². The summed E-state index contributed by atoms with van der Waals surface area (Å²) in [5, 5.41) is 17.8. The smallest absolute Gasteiger partial charge is 0.326 e. The van der Waals surface area contributed by atoms with Crippen LogP contribution in [0.2, 0.25) is 0 Å². The van der Waals surface area contributed by atoms with Gasteiger partial charge in [-0.25, -0.2) is 9.78 Å². The molecular weight excluding hydrogens is 206 g/mol. The van der Waals surface area contributed by atoms with Crippen LogP contribution in [0.5, 0.6) is 0 Å². The summed E-state index contributed by atoms with van der Waals surface area (Å²) in [4.78, 5) is 16.5. The molecule has 5 nitrogen and oxygen atoms in total. The quantitative estimate of drug-likeness (QED) is 0.825. The van der Waals surface area contributed by atoms with Crippen molar-refractivity contribution in [2.45, 2.75) is 19.9 Å². The average Bonchev–Trinajstić information content (AvgIpc) is 2.26. The van der Waals surface area contributed by atoms with Gasteiger partial charge in [-0.15, -0.1) is 0 Å². The molecule has 0 saturated carbocycles. The fourth-order valence-electron chi connectivity index (χ4n) is 1.25. The Hall–Kier alpha value is -2.09. The van der Waals surface area contributed by atoms with E-state index in [0.717, 1.165) is 5.69 Å². The topological polar surface area (TPSA) is 77.2 Å². The molecule has 0 aliphatic rings. The molecule has 1 rings (SSSR count). The summed E-state index contributed by atoms with van der Waals surface area (Å²) in [7, 11) is 1.61. The number of carboxylic acid groups (broad SMARTS) is 1. The van der Waals surface area contributed by atoms with Crippen molar-refractivity contribution >= 4 is 11.8 Å². The number of hydrogen-bond donors (Lipinski definition) is 1. The van der Waals surface area contributed by atoms with Gasteiger partial charge in [0, 0.05) is 12.7 Å². The number of carboxylic acids is 1. The summed E-state index contributed by atoms with van der Waals surface area (Å²) in [6, 6.07) is 4.64. The summed E-state index contributed by atoms with van der Waals surface area (Å²) in [6.45, 7) is 3.34. The minimum atomic E-state index is -0.949. The molecule has 1 atom stereocenters. The number of aryl methyl sites for hydroxylation is 1. The lowest BCUT2D eigenvalue weighted by molar-refractivity contribution is -0.138. The molecule has 1 heterocycles. The second-order valence-corrected chi connectivity index (χ2v) is 3.56. The normalized spacial score (nSPS) is 11.6. The Bertz CT molecular complexity index is 451. The average molecular weight is 219 g/mol. The van der Waals surface area contributed by atoms with Crippen LogP contribution in [0.15, 0.2) is 12.1 Å². The number of likely N-dealkylation sites (N-methyl/N-ethyl adjacent to an activating group) is 1. The number of rotatable bonds is 3. The molecule has 0 radical (unpaired) electrons. The zero-order chi connectivity index (χ0) is 12.3. The standard InChI is InChI=1S/C11H13N3O2/c1-7-4-5-9(6-12)10(13-7)14(3)8(2)11(15)16/h4-5,8H,1-3H3,(H,15,16). The monoisotopic (exact) mass is 219 g/mol. The number of anilines is 1. The highest BCUT2D eigenvalue weighted by atomic mass is 16.4. The second kappa shape index (κ2) is 4.62. The minimum Gasteiger partial charge on any atom is -0.480 e. The summed E-state index contributed by atoms with van der Waals surface area (Å²) >= 11 is 0. The van der Waals surface area contributed by atoms with Crippen LogP contribution in [0, 0.1) is 18.3 Å². The number of pyridine rings is 1. The molecule has 1 aromatic rings. The molecule has 16 heavy (non-hydrogen) atoms. The number of carbonyl (C=O) groups is 1. The first kappa shape index (κ1) is 12.0. The molecule has 0 fully saturated rings. The van der Waals surface area contributed by atoms with Crippen molar-refractivity contribution in [2.75, 3.05) is 11.9 Å². The van der Waals surface area contributed by atoms with Crippen LogP contribution in [0.25, 0.3) is 0 Å². The van der Waals surface area contributed by atoms with Gasteiger partial charge in [0.25, 0.3) is 0 Å². The van der Waals surface area contributed by atoms with Crippen molar-refractivity contribution in [1.82, 2.24) is 4.98 Å². The van der Waals surface area contributed by atoms with E-state index in [4.69, 9.17) is 10.4 Å². The second-order valence-electron chi connectivity index (χ2n) is 3.56. The van der Waals surface area contributed by atoms with Gasteiger partial charge in [-0.2, -0.15) is 5.26 Å². The number of nitrogens with zero attached hydrogens (tertiary/aromatic N) is 3. The van der Waals surface area contributed by atoms with Gasteiger partial charge < -0.3 is 10.0 Å². The highest BCUT2D eigenvalue weighted by Crippen LogP contribution is 2.18. The number of nitriles is 1. The van der Waals surface area contributed by atoms with Crippen LogP contribution in [-0.4, -0.2) is 29.1 Å². The van der Waals surface area contributed by atoms with Gasteiger partial charge in [0.15, 0.2) is 0 Å². The molecule has 0 amide bonds. The largest absolute Gasteiger partial charge is 0.480 e. The molecular formula is C11H13N3O2. The molecule has 0 saturated heterocycles. The maximum Gasteiger partial charge on any atom is 0.326 e. The summed E-state index contributed by atoms with van der Waals surface area (Å²) in [6.07, 6.45) is 0. The third kappa shape index (κ3) is 2.28. The molecule has 0 bridgehead atoms. The molecule has 84 valence electrons. The first-order valence-electron chi connectivity index (χ1n) is 4.80. The summed E-state index contributed by atoms with van der Waals surface area (Å²) in [5.74, 6) is -0.549. The van der Waals surface area contributed by atoms with Gasteiger partial charge in [-0.05, 0) is 26.0 Å². The lowest BCUT2D eigenvalue weighted by atomic mass is 10.2. The maximum absolute atomic E-state index is 10.8. The first-order valence-corrected chi connectivity index (χ1v) is 4.80. The first-order chi connectivity index (χ1) is 7.47. The number of hydrogen-bond acceptors (Lipinski definition) is 4. The Balaban J connectivity index is 3.17. The van der Waals surface area contributed by atoms with Crippen molar-refractivity contribution < 1.29 is 9.90 Å². The zero-order valence-electron chi connectivity index (χ0n) is 9.43. The molecule has 1 unspecified atom stereocenters. The Labute approximate surface area is 93.9 Å². The van der Waals surface area contributed by atoms with Crippen molar-refractivity contribution in [3.63, 3.8) is 0 Å². The van der Waals surface area contributed by atoms with Crippen LogP contribution in [0.1, 0.15) is 18.2 Å². The van der Waals surface area contributed by atoms with Crippen molar-refractivity contribution in [2.24, 2.45) is 0 Å². The van der Waals surface area contributed by atoms with Crippen LogP contribution < -0.4 is 4.90 Å². The Morgan fingerprint density at radius 3 is 2.75 bits per heavy atom. The van der Waals surface area contributed by atoms with Crippen molar-refractivity contribution in [3.8, 4) is 6.07 Å². The van der Waals surface area contributed by atoms with Gasteiger partial charge in [0.2, 0.25) is 0 Å². The van der Waals surface area contributed by atoms with E-state index in [2.05, 4.69) is 4.98 Å². The SMILES string of the molecule is Cc1ccc(C#N)c(N(C)C(C)C(=O)O)n1. The van der Waals surface area contributed by atoms with E-state index in [1.807, 2.05) is 6.07 Å². The third-order valence-electron chi connectivity index (χ3n) is 2.41. The van der Waals surface area contributed by atoms with Crippen molar-refractivity contribution in [1.29, 1.82) is 5.26 Å². The Kier molecular flexibility index (Phi) is 3.46. The predicted octanol–water partition coefficient (Wildman–Crippen LogP) is 1.17. The van der Waals surface area contributed by atoms with Crippen LogP contribution in [-0.2, 0) is 4.79 Å². The summed E-state index contributed by atoms with van der Waals surface area (Å²) < 4.78 is 0. The maximum atomic E-state index is 10.8. The molecule has 0 aliphatic carbocycles. The van der Waals surface area contributed by atoms with E-state index in [1.54, 1.807) is 33.0 Å². The van der Waals surface area contributed by atoms with E-state index in [-0.39, 0.29) is 0 Å². The van der Waals surface area contributed by atoms with Gasteiger partial charge in [0.05, 0.1) is 5.56 Å². The lowest BCUT2D eigenvalue weighted by Gasteiger charge is -2.23. The van der Waals surface area contributed by atoms with Crippen LogP contribution in [0.3, 0.4) is 0 Å². The fourth-order valence-corrected chi connectivity index (χ4v) is 1.25. The number of aliphatic carboxylic acids is 1. The van der Waals surface area contributed by atoms with Gasteiger partial charge in [-0.3, -0.25) is 0 Å². The molecule has 1 N–H and O–H groups in total. The van der Waals surface area contributed by atoms with Gasteiger partial charge in [-0.1, -0.05) is 0 Å². The highest BCUT2D eigenvalue weighted by Gasteiger charge is 2.20. The van der Waals surface area contributed by atoms with Gasteiger partial charge in [0.1, 0.15) is 17.9 Å². The predicted molar refractivity (Wildman–Crippen MR) is 59.2 cm³/mol. The molecule has 1 aromatic heterocycles. The minimum absolute atomic E-state index is 0.376. The Morgan fingerprint density at radius 1 is 1.62 bits per heavy atom. The van der Waals surface area contributed by atoms with E-state index in [9.17, 15) is 4.79 Å². The lowest BCUT2D eigenvalue weighted by Crippen LogP contribution is -2.36. The fraction of sp³-hybridized carbons (Fsp3) is 0.364. The van der Waals surface area contributed by atoms with Crippen LogP contribution in [0.4, 0.5) is 5.82 Å². The Morgan fingerprint density at radius 2 is 2.25 bits per heavy atom. The zero-order valence-corrected chi connectivity index (χ0v) is 9.43. The van der Waals surface area contributed by atoms with E-state index >= 15 is 0 Å². The van der Waals surface area contributed by atoms with E-state index < -0.39 is 12.0 Å². The third-order valence-corrected chi connectivity index (χ3v) is 2.41. The molecule has 0 aliphatic heterocycles. The van der Waals surface area contributed by atoms with E-state index in [1.165, 1.54) is 4.90 Å². The molecule has 5 heteroatoms. The highest BCUT2D eigenvalue weighted by molar-refractivity contribution is 5.77. The molecule has 0 aromatic carbocycles. The van der Waals surface area contributed by atoms with Gasteiger partial charge >= 0.3 is 5.97 Å². The van der Waals surface area contributed by atoms with Crippen LogP contribution >= 0.6 is 0 Å².